The van der Waals surface area contributed by atoms with Crippen molar-refractivity contribution in [3.05, 3.63) is 58.5 Å². The highest BCUT2D eigenvalue weighted by atomic mass is 35.5. The SMILES string of the molecule is CCN(CC)C1CCc2[nH]c3ccc(C(=O)Nc4ccncc4Cl)cc3c2C1. The molecule has 0 radical (unpaired) electrons. The van der Waals surface area contributed by atoms with Gasteiger partial charge in [0.1, 0.15) is 0 Å². The molecule has 0 bridgehead atoms. The van der Waals surface area contributed by atoms with E-state index in [4.69, 9.17) is 11.6 Å². The number of H-pyrrole nitrogens is 1. The van der Waals surface area contributed by atoms with Gasteiger partial charge in [-0.1, -0.05) is 25.4 Å². The van der Waals surface area contributed by atoms with E-state index in [1.54, 1.807) is 12.3 Å². The van der Waals surface area contributed by atoms with Crippen LogP contribution in [0, 0.1) is 0 Å². The van der Waals surface area contributed by atoms with Gasteiger partial charge in [0.15, 0.2) is 0 Å². The van der Waals surface area contributed by atoms with Crippen molar-refractivity contribution < 1.29 is 4.79 Å². The molecule has 0 spiro atoms. The number of fused-ring (bicyclic) bond motifs is 3. The van der Waals surface area contributed by atoms with Crippen molar-refractivity contribution >= 4 is 34.1 Å². The molecular weight excluding hydrogens is 372 g/mol. The fourth-order valence-electron chi connectivity index (χ4n) is 4.26. The molecule has 0 saturated carbocycles. The third-order valence-electron chi connectivity index (χ3n) is 5.77. The highest BCUT2D eigenvalue weighted by Crippen LogP contribution is 2.32. The molecule has 1 aliphatic carbocycles. The summed E-state index contributed by atoms with van der Waals surface area (Å²) in [7, 11) is 0. The summed E-state index contributed by atoms with van der Waals surface area (Å²) >= 11 is 6.11. The lowest BCUT2D eigenvalue weighted by Crippen LogP contribution is -2.38. The molecule has 2 heterocycles. The predicted molar refractivity (Wildman–Crippen MR) is 114 cm³/mol. The van der Waals surface area contributed by atoms with Crippen LogP contribution in [0.2, 0.25) is 5.02 Å². The highest BCUT2D eigenvalue weighted by Gasteiger charge is 2.26. The zero-order chi connectivity index (χ0) is 19.7. The smallest absolute Gasteiger partial charge is 0.255 e. The van der Waals surface area contributed by atoms with Crippen LogP contribution in [0.1, 0.15) is 41.9 Å². The molecule has 4 rings (SSSR count). The van der Waals surface area contributed by atoms with E-state index < -0.39 is 0 Å². The minimum Gasteiger partial charge on any atom is -0.358 e. The average molecular weight is 397 g/mol. The number of anilines is 1. The van der Waals surface area contributed by atoms with Crippen molar-refractivity contribution in [1.29, 1.82) is 0 Å². The molecule has 1 amide bonds. The number of aromatic amines is 1. The topological polar surface area (TPSA) is 61.0 Å². The number of pyridine rings is 1. The summed E-state index contributed by atoms with van der Waals surface area (Å²) in [5, 5.41) is 4.46. The first-order valence-electron chi connectivity index (χ1n) is 9.89. The Labute approximate surface area is 170 Å². The van der Waals surface area contributed by atoms with E-state index in [1.165, 1.54) is 23.9 Å². The Bertz CT molecular complexity index is 1010. The molecular formula is C22H25ClN4O. The van der Waals surface area contributed by atoms with Crippen LogP contribution >= 0.6 is 11.6 Å². The molecule has 1 atom stereocenters. The second kappa shape index (κ2) is 7.94. The highest BCUT2D eigenvalue weighted by molar-refractivity contribution is 6.33. The van der Waals surface area contributed by atoms with E-state index in [2.05, 4.69) is 34.0 Å². The van der Waals surface area contributed by atoms with E-state index in [9.17, 15) is 4.79 Å². The molecule has 3 aromatic rings. The van der Waals surface area contributed by atoms with Crippen LogP contribution in [0.3, 0.4) is 0 Å². The molecule has 1 aliphatic rings. The molecule has 1 unspecified atom stereocenters. The normalized spacial score (nSPS) is 16.4. The number of benzene rings is 1. The van der Waals surface area contributed by atoms with Crippen LogP contribution in [-0.4, -0.2) is 39.9 Å². The lowest BCUT2D eigenvalue weighted by molar-refractivity contribution is 0.102. The van der Waals surface area contributed by atoms with Crippen LogP contribution in [0.15, 0.2) is 36.7 Å². The number of carbonyl (C=O) groups is 1. The Kier molecular flexibility index (Phi) is 5.38. The number of carbonyl (C=O) groups excluding carboxylic acids is 1. The van der Waals surface area contributed by atoms with Crippen LogP contribution in [0.25, 0.3) is 10.9 Å². The van der Waals surface area contributed by atoms with E-state index in [0.717, 1.165) is 36.8 Å². The summed E-state index contributed by atoms with van der Waals surface area (Å²) in [4.78, 5) is 22.8. The van der Waals surface area contributed by atoms with Gasteiger partial charge < -0.3 is 15.2 Å². The summed E-state index contributed by atoms with van der Waals surface area (Å²) in [6.45, 7) is 6.58. The minimum absolute atomic E-state index is 0.166. The minimum atomic E-state index is -0.166. The summed E-state index contributed by atoms with van der Waals surface area (Å²) < 4.78 is 0. The Morgan fingerprint density at radius 3 is 2.89 bits per heavy atom. The first-order valence-corrected chi connectivity index (χ1v) is 10.3. The summed E-state index contributed by atoms with van der Waals surface area (Å²) in [6.07, 6.45) is 6.39. The first-order chi connectivity index (χ1) is 13.6. The maximum atomic E-state index is 12.8. The molecule has 146 valence electrons. The number of aromatic nitrogens is 2. The summed E-state index contributed by atoms with van der Waals surface area (Å²) in [6, 6.07) is 8.13. The first kappa shape index (κ1) is 19.0. The molecule has 2 aromatic heterocycles. The van der Waals surface area contributed by atoms with E-state index in [-0.39, 0.29) is 5.91 Å². The van der Waals surface area contributed by atoms with Gasteiger partial charge in [0.05, 0.1) is 10.7 Å². The average Bonchev–Trinajstić information content (AvgIpc) is 3.08. The predicted octanol–water partition coefficient (Wildman–Crippen LogP) is 4.67. The number of aryl methyl sites for hydroxylation is 1. The van der Waals surface area contributed by atoms with Crippen molar-refractivity contribution in [2.24, 2.45) is 0 Å². The Hall–Kier alpha value is -2.37. The van der Waals surface area contributed by atoms with Gasteiger partial charge in [-0.25, -0.2) is 0 Å². The maximum Gasteiger partial charge on any atom is 0.255 e. The lowest BCUT2D eigenvalue weighted by Gasteiger charge is -2.32. The summed E-state index contributed by atoms with van der Waals surface area (Å²) in [5.41, 5.74) is 4.97. The summed E-state index contributed by atoms with van der Waals surface area (Å²) in [5.74, 6) is -0.166. The number of halogens is 1. The zero-order valence-electron chi connectivity index (χ0n) is 16.3. The fourth-order valence-corrected chi connectivity index (χ4v) is 4.43. The third kappa shape index (κ3) is 3.52. The number of hydrogen-bond acceptors (Lipinski definition) is 3. The molecule has 5 nitrogen and oxygen atoms in total. The van der Waals surface area contributed by atoms with Crippen molar-refractivity contribution in [2.75, 3.05) is 18.4 Å². The van der Waals surface area contributed by atoms with Gasteiger partial charge in [-0.3, -0.25) is 9.78 Å². The van der Waals surface area contributed by atoms with E-state index in [0.29, 0.717) is 22.3 Å². The van der Waals surface area contributed by atoms with Gasteiger partial charge in [-0.05, 0) is 62.2 Å². The monoisotopic (exact) mass is 396 g/mol. The molecule has 6 heteroatoms. The van der Waals surface area contributed by atoms with Gasteiger partial charge in [-0.15, -0.1) is 0 Å². The van der Waals surface area contributed by atoms with Crippen LogP contribution in [-0.2, 0) is 12.8 Å². The van der Waals surface area contributed by atoms with Crippen molar-refractivity contribution in [3.63, 3.8) is 0 Å². The molecule has 0 fully saturated rings. The van der Waals surface area contributed by atoms with Crippen LogP contribution < -0.4 is 5.32 Å². The van der Waals surface area contributed by atoms with Gasteiger partial charge >= 0.3 is 0 Å². The number of nitrogens with zero attached hydrogens (tertiary/aromatic N) is 2. The van der Waals surface area contributed by atoms with Gasteiger partial charge in [-0.2, -0.15) is 0 Å². The second-order valence-corrected chi connectivity index (χ2v) is 7.68. The zero-order valence-corrected chi connectivity index (χ0v) is 17.0. The van der Waals surface area contributed by atoms with Crippen molar-refractivity contribution in [3.8, 4) is 0 Å². The number of nitrogens with one attached hydrogen (secondary N) is 2. The number of hydrogen-bond donors (Lipinski definition) is 2. The van der Waals surface area contributed by atoms with Crippen molar-refractivity contribution in [1.82, 2.24) is 14.9 Å². The van der Waals surface area contributed by atoms with Crippen LogP contribution in [0.4, 0.5) is 5.69 Å². The van der Waals surface area contributed by atoms with Crippen LogP contribution in [0.5, 0.6) is 0 Å². The van der Waals surface area contributed by atoms with E-state index >= 15 is 0 Å². The standard InChI is InChI=1S/C22H25ClN4O/c1-3-27(4-2)15-6-8-20-17(12-15)16-11-14(5-7-19(16)25-20)22(28)26-21-9-10-24-13-18(21)23/h5,7,9-11,13,15,25H,3-4,6,8,12H2,1-2H3,(H,24,26,28). The second-order valence-electron chi connectivity index (χ2n) is 7.27. The quantitative estimate of drug-likeness (QED) is 0.658. The maximum absolute atomic E-state index is 12.8. The third-order valence-corrected chi connectivity index (χ3v) is 6.07. The van der Waals surface area contributed by atoms with E-state index in [1.807, 2.05) is 18.2 Å². The van der Waals surface area contributed by atoms with Gasteiger partial charge in [0, 0.05) is 40.6 Å². The molecule has 2 N–H and O–H groups in total. The lowest BCUT2D eigenvalue weighted by atomic mass is 9.90. The molecule has 0 aliphatic heterocycles. The molecule has 1 aromatic carbocycles. The molecule has 0 saturated heterocycles. The molecule has 28 heavy (non-hydrogen) atoms. The number of likely N-dealkylation sites (N-methyl/N-ethyl adjacent to an activating group) is 1. The number of rotatable bonds is 5. The largest absolute Gasteiger partial charge is 0.358 e. The Morgan fingerprint density at radius 1 is 1.32 bits per heavy atom. The van der Waals surface area contributed by atoms with Crippen molar-refractivity contribution in [2.45, 2.75) is 39.2 Å². The van der Waals surface area contributed by atoms with Gasteiger partial charge in [0.25, 0.3) is 5.91 Å². The van der Waals surface area contributed by atoms with Gasteiger partial charge in [0.2, 0.25) is 0 Å². The Morgan fingerprint density at radius 2 is 2.14 bits per heavy atom. The Balaban J connectivity index is 1.63. The fraction of sp³-hybridized carbons (Fsp3) is 0.364. The number of amides is 1.